The number of ether oxygens (including phenoxy) is 1. The zero-order valence-electron chi connectivity index (χ0n) is 15.2. The summed E-state index contributed by atoms with van der Waals surface area (Å²) in [5.41, 5.74) is 2.93. The molecule has 1 amide bonds. The Labute approximate surface area is 159 Å². The van der Waals surface area contributed by atoms with Crippen LogP contribution in [0.2, 0.25) is 0 Å². The predicted molar refractivity (Wildman–Crippen MR) is 106 cm³/mol. The third-order valence-electron chi connectivity index (χ3n) is 4.84. The maximum Gasteiger partial charge on any atom is 0.253 e. The molecule has 0 aliphatic carbocycles. The monoisotopic (exact) mass is 355 g/mol. The third kappa shape index (κ3) is 3.49. The maximum absolute atomic E-state index is 13.1. The molecule has 3 heteroatoms. The Bertz CT molecular complexity index is 936. The minimum atomic E-state index is -0.478. The molecule has 0 spiro atoms. The molecule has 3 aromatic carbocycles. The molecule has 3 aromatic rings. The van der Waals surface area contributed by atoms with Crippen molar-refractivity contribution in [3.63, 3.8) is 0 Å². The molecule has 0 bridgehead atoms. The van der Waals surface area contributed by atoms with Gasteiger partial charge in [-0.1, -0.05) is 91.0 Å². The summed E-state index contributed by atoms with van der Waals surface area (Å²) >= 11 is 0. The molecular formula is C24H21NO2. The van der Waals surface area contributed by atoms with Crippen molar-refractivity contribution in [2.45, 2.75) is 19.2 Å². The standard InChI is InChI=1S/C24H21NO2/c1-18(19-11-5-2-6-12-19)25-23(26)17-22(20-13-7-3-8-14-20)27-24(25)21-15-9-4-10-16-21/h2-18,24H,1H3/t18-,24-/m1/s1. The maximum atomic E-state index is 13.1. The summed E-state index contributed by atoms with van der Waals surface area (Å²) < 4.78 is 6.35. The van der Waals surface area contributed by atoms with E-state index < -0.39 is 6.23 Å². The first-order chi connectivity index (χ1) is 13.2. The average Bonchev–Trinajstić information content (AvgIpc) is 2.74. The van der Waals surface area contributed by atoms with Crippen LogP contribution in [0.5, 0.6) is 0 Å². The molecule has 1 aliphatic rings. The SMILES string of the molecule is C[C@H](c1ccccc1)N1C(=O)C=C(c2ccccc2)O[C@@H]1c1ccccc1. The highest BCUT2D eigenvalue weighted by Crippen LogP contribution is 2.38. The molecule has 1 aliphatic heterocycles. The van der Waals surface area contributed by atoms with Gasteiger partial charge in [0.05, 0.1) is 6.04 Å². The van der Waals surface area contributed by atoms with Crippen molar-refractivity contribution in [2.24, 2.45) is 0 Å². The lowest BCUT2D eigenvalue weighted by Gasteiger charge is -2.39. The molecule has 3 nitrogen and oxygen atoms in total. The van der Waals surface area contributed by atoms with Crippen LogP contribution in [-0.2, 0) is 9.53 Å². The Balaban J connectivity index is 1.76. The third-order valence-corrected chi connectivity index (χ3v) is 4.84. The van der Waals surface area contributed by atoms with Gasteiger partial charge in [0.15, 0.2) is 0 Å². The van der Waals surface area contributed by atoms with Crippen LogP contribution in [0.25, 0.3) is 5.76 Å². The fourth-order valence-corrected chi connectivity index (χ4v) is 3.40. The van der Waals surface area contributed by atoms with Gasteiger partial charge in [0.2, 0.25) is 6.23 Å². The number of rotatable bonds is 4. The molecule has 0 unspecified atom stereocenters. The molecule has 0 fully saturated rings. The van der Waals surface area contributed by atoms with Crippen LogP contribution >= 0.6 is 0 Å². The number of amides is 1. The lowest BCUT2D eigenvalue weighted by atomic mass is 10.0. The van der Waals surface area contributed by atoms with Crippen molar-refractivity contribution in [1.29, 1.82) is 0 Å². The second kappa shape index (κ2) is 7.50. The molecule has 0 aromatic heterocycles. The van der Waals surface area contributed by atoms with E-state index in [1.807, 2.05) is 97.9 Å². The Morgan fingerprint density at radius 3 is 2.00 bits per heavy atom. The summed E-state index contributed by atoms with van der Waals surface area (Å²) in [5.74, 6) is 0.552. The van der Waals surface area contributed by atoms with Gasteiger partial charge in [0.1, 0.15) is 5.76 Å². The molecule has 27 heavy (non-hydrogen) atoms. The zero-order chi connectivity index (χ0) is 18.6. The first-order valence-electron chi connectivity index (χ1n) is 9.10. The second-order valence-corrected chi connectivity index (χ2v) is 6.59. The van der Waals surface area contributed by atoms with E-state index in [9.17, 15) is 4.79 Å². The van der Waals surface area contributed by atoms with E-state index in [1.165, 1.54) is 0 Å². The summed E-state index contributed by atoms with van der Waals surface area (Å²) in [5, 5.41) is 0. The van der Waals surface area contributed by atoms with Gasteiger partial charge in [-0.25, -0.2) is 0 Å². The van der Waals surface area contributed by atoms with E-state index in [2.05, 4.69) is 0 Å². The Kier molecular flexibility index (Phi) is 4.75. The van der Waals surface area contributed by atoms with Gasteiger partial charge in [-0.3, -0.25) is 9.69 Å². The molecular weight excluding hydrogens is 334 g/mol. The first kappa shape index (κ1) is 17.1. The van der Waals surface area contributed by atoms with Gasteiger partial charge in [-0.05, 0) is 12.5 Å². The fourth-order valence-electron chi connectivity index (χ4n) is 3.40. The van der Waals surface area contributed by atoms with Gasteiger partial charge in [-0.2, -0.15) is 0 Å². The molecule has 0 radical (unpaired) electrons. The highest BCUT2D eigenvalue weighted by Gasteiger charge is 2.35. The molecule has 134 valence electrons. The number of hydrogen-bond acceptors (Lipinski definition) is 2. The quantitative estimate of drug-likeness (QED) is 0.632. The van der Waals surface area contributed by atoms with Crippen LogP contribution in [0.1, 0.15) is 35.9 Å². The molecule has 0 N–H and O–H groups in total. The first-order valence-corrected chi connectivity index (χ1v) is 9.10. The van der Waals surface area contributed by atoms with Crippen LogP contribution in [0, 0.1) is 0 Å². The highest BCUT2D eigenvalue weighted by molar-refractivity contribution is 5.95. The van der Waals surface area contributed by atoms with Crippen molar-refractivity contribution in [2.75, 3.05) is 0 Å². The number of benzene rings is 3. The van der Waals surface area contributed by atoms with Crippen LogP contribution in [0.3, 0.4) is 0 Å². The van der Waals surface area contributed by atoms with E-state index >= 15 is 0 Å². The smallest absolute Gasteiger partial charge is 0.253 e. The van der Waals surface area contributed by atoms with E-state index in [-0.39, 0.29) is 11.9 Å². The lowest BCUT2D eigenvalue weighted by molar-refractivity contribution is -0.143. The van der Waals surface area contributed by atoms with E-state index in [1.54, 1.807) is 11.0 Å². The van der Waals surface area contributed by atoms with Gasteiger partial charge < -0.3 is 4.74 Å². The number of carbonyl (C=O) groups is 1. The lowest BCUT2D eigenvalue weighted by Crippen LogP contribution is -2.40. The summed E-state index contributed by atoms with van der Waals surface area (Å²) in [6.07, 6.45) is 1.11. The van der Waals surface area contributed by atoms with E-state index in [0.29, 0.717) is 5.76 Å². The molecule has 2 atom stereocenters. The zero-order valence-corrected chi connectivity index (χ0v) is 15.2. The van der Waals surface area contributed by atoms with Crippen molar-refractivity contribution >= 4 is 11.7 Å². The van der Waals surface area contributed by atoms with Crippen LogP contribution in [0.4, 0.5) is 0 Å². The predicted octanol–water partition coefficient (Wildman–Crippen LogP) is 5.35. The van der Waals surface area contributed by atoms with Crippen molar-refractivity contribution in [3.05, 3.63) is 114 Å². The van der Waals surface area contributed by atoms with Crippen molar-refractivity contribution in [3.8, 4) is 0 Å². The normalized spacial score (nSPS) is 17.8. The highest BCUT2D eigenvalue weighted by atomic mass is 16.5. The number of hydrogen-bond donors (Lipinski definition) is 0. The fraction of sp³-hybridized carbons (Fsp3) is 0.125. The number of nitrogens with zero attached hydrogens (tertiary/aromatic N) is 1. The largest absolute Gasteiger partial charge is 0.465 e. The van der Waals surface area contributed by atoms with Gasteiger partial charge in [-0.15, -0.1) is 0 Å². The Morgan fingerprint density at radius 2 is 1.37 bits per heavy atom. The summed E-state index contributed by atoms with van der Waals surface area (Å²) in [6, 6.07) is 29.6. The summed E-state index contributed by atoms with van der Waals surface area (Å²) in [4.78, 5) is 14.9. The molecule has 4 rings (SSSR count). The summed E-state index contributed by atoms with van der Waals surface area (Å²) in [7, 11) is 0. The van der Waals surface area contributed by atoms with Gasteiger partial charge >= 0.3 is 0 Å². The van der Waals surface area contributed by atoms with Crippen LogP contribution < -0.4 is 0 Å². The average molecular weight is 355 g/mol. The number of carbonyl (C=O) groups excluding carboxylic acids is 1. The van der Waals surface area contributed by atoms with Crippen LogP contribution in [-0.4, -0.2) is 10.8 Å². The molecule has 0 saturated heterocycles. The van der Waals surface area contributed by atoms with Crippen molar-refractivity contribution < 1.29 is 9.53 Å². The van der Waals surface area contributed by atoms with E-state index in [0.717, 1.165) is 16.7 Å². The Hall–Kier alpha value is -3.33. The van der Waals surface area contributed by atoms with Gasteiger partial charge in [0.25, 0.3) is 5.91 Å². The summed E-state index contributed by atoms with van der Waals surface area (Å²) in [6.45, 7) is 2.04. The Morgan fingerprint density at radius 1 is 0.815 bits per heavy atom. The minimum absolute atomic E-state index is 0.0506. The van der Waals surface area contributed by atoms with Crippen LogP contribution in [0.15, 0.2) is 97.1 Å². The van der Waals surface area contributed by atoms with Crippen molar-refractivity contribution in [1.82, 2.24) is 4.90 Å². The molecule has 0 saturated carbocycles. The molecule has 1 heterocycles. The second-order valence-electron chi connectivity index (χ2n) is 6.59. The minimum Gasteiger partial charge on any atom is -0.465 e. The topological polar surface area (TPSA) is 29.5 Å². The van der Waals surface area contributed by atoms with E-state index in [4.69, 9.17) is 4.74 Å². The van der Waals surface area contributed by atoms with Gasteiger partial charge in [0, 0.05) is 17.2 Å².